The molecule has 7 aromatic carbocycles. The normalized spacial score (nSPS) is 11.5. The predicted molar refractivity (Wildman–Crippen MR) is 219 cm³/mol. The van der Waals surface area contributed by atoms with Crippen LogP contribution in [0.1, 0.15) is 5.56 Å². The highest BCUT2D eigenvalue weighted by Gasteiger charge is 2.16. The third kappa shape index (κ3) is 4.86. The van der Waals surface area contributed by atoms with Crippen molar-refractivity contribution in [3.8, 4) is 45.0 Å². The van der Waals surface area contributed by atoms with Gasteiger partial charge >= 0.3 is 0 Å². The van der Waals surface area contributed by atoms with E-state index in [1.807, 2.05) is 6.08 Å². The van der Waals surface area contributed by atoms with Gasteiger partial charge in [0.25, 0.3) is 0 Å². The van der Waals surface area contributed by atoms with Crippen LogP contribution in [0.25, 0.3) is 94.7 Å². The fourth-order valence-electron chi connectivity index (χ4n) is 7.83. The van der Waals surface area contributed by atoms with E-state index < -0.39 is 0 Å². The first-order valence-electron chi connectivity index (χ1n) is 17.7. The Bertz CT molecular complexity index is 2930. The van der Waals surface area contributed by atoms with Crippen LogP contribution in [0.5, 0.6) is 0 Å². The summed E-state index contributed by atoms with van der Waals surface area (Å²) < 4.78 is 4.72. The van der Waals surface area contributed by atoms with Gasteiger partial charge in [-0.05, 0) is 77.4 Å². The van der Waals surface area contributed by atoms with Crippen LogP contribution in [0.2, 0.25) is 0 Å². The van der Waals surface area contributed by atoms with E-state index in [9.17, 15) is 0 Å². The Hall–Kier alpha value is -6.97. The van der Waals surface area contributed by atoms with Gasteiger partial charge in [0.05, 0.1) is 33.5 Å². The minimum Gasteiger partial charge on any atom is -0.309 e. The Balaban J connectivity index is 1.16. The largest absolute Gasteiger partial charge is 0.309 e. The molecule has 0 atom stereocenters. The number of aromatic nitrogens is 3. The summed E-state index contributed by atoms with van der Waals surface area (Å²) in [4.78, 5) is 5.39. The third-order valence-corrected chi connectivity index (χ3v) is 10.2. The number of hydrogen-bond acceptors (Lipinski definition) is 1. The smallest absolute Gasteiger partial charge is 0.0716 e. The number of benzene rings is 7. The molecule has 244 valence electrons. The van der Waals surface area contributed by atoms with Gasteiger partial charge in [-0.2, -0.15) is 0 Å². The molecule has 0 bridgehead atoms. The van der Waals surface area contributed by atoms with E-state index in [-0.39, 0.29) is 0 Å². The number of para-hydroxylation sites is 3. The second kappa shape index (κ2) is 12.1. The molecule has 0 radical (unpaired) electrons. The molecule has 0 fully saturated rings. The van der Waals surface area contributed by atoms with Crippen molar-refractivity contribution in [2.24, 2.45) is 0 Å². The summed E-state index contributed by atoms with van der Waals surface area (Å²) in [5, 5.41) is 4.95. The van der Waals surface area contributed by atoms with E-state index in [2.05, 4.69) is 198 Å². The van der Waals surface area contributed by atoms with Crippen molar-refractivity contribution in [3.63, 3.8) is 0 Å². The Morgan fingerprint density at radius 1 is 0.365 bits per heavy atom. The van der Waals surface area contributed by atoms with Crippen LogP contribution in [0.15, 0.2) is 189 Å². The molecule has 3 nitrogen and oxygen atoms in total. The zero-order chi connectivity index (χ0) is 34.6. The zero-order valence-corrected chi connectivity index (χ0v) is 28.4. The van der Waals surface area contributed by atoms with Crippen molar-refractivity contribution < 1.29 is 0 Å². The minimum absolute atomic E-state index is 0.924. The van der Waals surface area contributed by atoms with Gasteiger partial charge in [-0.15, -0.1) is 0 Å². The van der Waals surface area contributed by atoms with Gasteiger partial charge in [-0.25, -0.2) is 4.98 Å². The number of rotatable bonds is 6. The summed E-state index contributed by atoms with van der Waals surface area (Å²) in [6.45, 7) is 4.04. The lowest BCUT2D eigenvalue weighted by Crippen LogP contribution is -1.97. The standard InChI is InChI=1S/C49H33N3/c1-2-33-26-27-43-42-22-8-11-25-48(42)52(49(43)28-33)39-19-13-17-36(30-39)45-32-37(34-14-4-3-5-15-34)31-44(50-45)35-16-12-18-38(29-35)51-46-23-9-6-20-40(46)41-21-7-10-24-47(41)51/h2-32H,1H2. The first-order valence-corrected chi connectivity index (χ1v) is 17.7. The lowest BCUT2D eigenvalue weighted by atomic mass is 9.99. The third-order valence-electron chi connectivity index (χ3n) is 10.2. The van der Waals surface area contributed by atoms with E-state index in [1.165, 1.54) is 38.1 Å². The van der Waals surface area contributed by atoms with Gasteiger partial charge in [-0.3, -0.25) is 0 Å². The summed E-state index contributed by atoms with van der Waals surface area (Å²) in [5.41, 5.74) is 14.2. The van der Waals surface area contributed by atoms with Gasteiger partial charge in [0.15, 0.2) is 0 Å². The number of pyridine rings is 1. The predicted octanol–water partition coefficient (Wildman–Crippen LogP) is 12.9. The monoisotopic (exact) mass is 663 g/mol. The average molecular weight is 664 g/mol. The molecule has 10 aromatic rings. The van der Waals surface area contributed by atoms with Crippen LogP contribution in [0, 0.1) is 0 Å². The van der Waals surface area contributed by atoms with Crippen molar-refractivity contribution >= 4 is 49.7 Å². The average Bonchev–Trinajstić information content (AvgIpc) is 3.74. The highest BCUT2D eigenvalue weighted by Crippen LogP contribution is 2.37. The Kier molecular flexibility index (Phi) is 6.97. The summed E-state index contributed by atoms with van der Waals surface area (Å²) in [5.74, 6) is 0. The Morgan fingerprint density at radius 2 is 0.827 bits per heavy atom. The molecule has 0 aliphatic carbocycles. The Labute approximate surface area is 302 Å². The molecule has 3 heterocycles. The lowest BCUT2D eigenvalue weighted by molar-refractivity contribution is 1.17. The first-order chi connectivity index (χ1) is 25.7. The second-order valence-corrected chi connectivity index (χ2v) is 13.3. The molecule has 10 rings (SSSR count). The molecule has 0 N–H and O–H groups in total. The van der Waals surface area contributed by atoms with Gasteiger partial charge in [0.1, 0.15) is 0 Å². The van der Waals surface area contributed by atoms with E-state index in [4.69, 9.17) is 4.98 Å². The molecule has 0 amide bonds. The van der Waals surface area contributed by atoms with E-state index in [0.717, 1.165) is 56.1 Å². The summed E-state index contributed by atoms with van der Waals surface area (Å²) in [7, 11) is 0. The number of hydrogen-bond donors (Lipinski definition) is 0. The highest BCUT2D eigenvalue weighted by atomic mass is 15.0. The molecular weight excluding hydrogens is 631 g/mol. The molecule has 3 aromatic heterocycles. The first kappa shape index (κ1) is 29.9. The van der Waals surface area contributed by atoms with E-state index in [0.29, 0.717) is 0 Å². The molecule has 0 saturated heterocycles. The quantitative estimate of drug-likeness (QED) is 0.174. The minimum atomic E-state index is 0.924. The van der Waals surface area contributed by atoms with Crippen LogP contribution in [-0.4, -0.2) is 14.1 Å². The second-order valence-electron chi connectivity index (χ2n) is 13.3. The number of nitrogens with zero attached hydrogens (tertiary/aromatic N) is 3. The molecule has 0 saturated carbocycles. The van der Waals surface area contributed by atoms with Crippen LogP contribution in [0.3, 0.4) is 0 Å². The lowest BCUT2D eigenvalue weighted by Gasteiger charge is -2.14. The maximum Gasteiger partial charge on any atom is 0.0716 e. The van der Waals surface area contributed by atoms with Gasteiger partial charge in [-0.1, -0.05) is 134 Å². The Morgan fingerprint density at radius 3 is 1.37 bits per heavy atom. The van der Waals surface area contributed by atoms with E-state index in [1.54, 1.807) is 0 Å². The maximum absolute atomic E-state index is 5.39. The molecule has 3 heteroatoms. The van der Waals surface area contributed by atoms with Crippen molar-refractivity contribution in [1.29, 1.82) is 0 Å². The molecule has 0 unspecified atom stereocenters. The molecule has 52 heavy (non-hydrogen) atoms. The van der Waals surface area contributed by atoms with Crippen LogP contribution in [-0.2, 0) is 0 Å². The summed E-state index contributed by atoms with van der Waals surface area (Å²) in [6, 6.07) is 65.1. The van der Waals surface area contributed by atoms with Crippen LogP contribution < -0.4 is 0 Å². The summed E-state index contributed by atoms with van der Waals surface area (Å²) in [6.07, 6.45) is 1.91. The fraction of sp³-hybridized carbons (Fsp3) is 0. The highest BCUT2D eigenvalue weighted by molar-refractivity contribution is 6.10. The van der Waals surface area contributed by atoms with Gasteiger partial charge in [0, 0.05) is 44.0 Å². The van der Waals surface area contributed by atoms with Gasteiger partial charge < -0.3 is 9.13 Å². The molecule has 0 aliphatic rings. The molecular formula is C49H33N3. The van der Waals surface area contributed by atoms with Crippen molar-refractivity contribution in [3.05, 3.63) is 194 Å². The summed E-state index contributed by atoms with van der Waals surface area (Å²) >= 11 is 0. The van der Waals surface area contributed by atoms with Crippen molar-refractivity contribution in [2.75, 3.05) is 0 Å². The van der Waals surface area contributed by atoms with Crippen molar-refractivity contribution in [2.45, 2.75) is 0 Å². The maximum atomic E-state index is 5.39. The van der Waals surface area contributed by atoms with Gasteiger partial charge in [0.2, 0.25) is 0 Å². The van der Waals surface area contributed by atoms with Crippen LogP contribution in [0.4, 0.5) is 0 Å². The van der Waals surface area contributed by atoms with Crippen molar-refractivity contribution in [1.82, 2.24) is 14.1 Å². The molecule has 0 aliphatic heterocycles. The van der Waals surface area contributed by atoms with Crippen LogP contribution >= 0.6 is 0 Å². The topological polar surface area (TPSA) is 22.8 Å². The number of fused-ring (bicyclic) bond motifs is 6. The fourth-order valence-corrected chi connectivity index (χ4v) is 7.83. The zero-order valence-electron chi connectivity index (χ0n) is 28.4. The SMILES string of the molecule is C=Cc1ccc2c3ccccc3n(-c3cccc(-c4cc(-c5ccccc5)cc(-c5cccc(-n6c7ccccc7c7ccccc76)c5)n4)c3)c2c1. The van der Waals surface area contributed by atoms with E-state index >= 15 is 0 Å². The molecule has 0 spiro atoms.